The molecule has 8 nitrogen and oxygen atoms in total. The van der Waals surface area contributed by atoms with Gasteiger partial charge in [-0.25, -0.2) is 0 Å². The van der Waals surface area contributed by atoms with Gasteiger partial charge in [-0.15, -0.1) is 18.5 Å². The van der Waals surface area contributed by atoms with Gasteiger partial charge in [0.15, 0.2) is 0 Å². The lowest BCUT2D eigenvalue weighted by atomic mass is 9.81. The van der Waals surface area contributed by atoms with Gasteiger partial charge in [0, 0.05) is 0 Å². The molecule has 5 atom stereocenters. The molecule has 0 bridgehead atoms. The summed E-state index contributed by atoms with van der Waals surface area (Å²) < 4.78 is 23.0. The third kappa shape index (κ3) is 14.6. The largest absolute Gasteiger partial charge is 0.461 e. The van der Waals surface area contributed by atoms with Crippen molar-refractivity contribution in [2.75, 3.05) is 6.61 Å². The summed E-state index contributed by atoms with van der Waals surface area (Å²) in [7, 11) is 5.05. The molecule has 0 fully saturated rings. The van der Waals surface area contributed by atoms with Crippen LogP contribution in [0.2, 0.25) is 0 Å². The number of hydrogen-bond donors (Lipinski definition) is 0. The highest BCUT2D eigenvalue weighted by Gasteiger charge is 2.45. The van der Waals surface area contributed by atoms with Gasteiger partial charge < -0.3 is 18.9 Å². The predicted octanol–water partition coefficient (Wildman–Crippen LogP) is 7.44. The molecule has 252 valence electrons. The molecule has 0 aromatic rings. The van der Waals surface area contributed by atoms with E-state index in [9.17, 15) is 19.2 Å². The van der Waals surface area contributed by atoms with Gasteiger partial charge in [0.05, 0.1) is 21.1 Å². The monoisotopic (exact) mass is 648 g/mol. The number of carbonyl (C=O) groups is 4. The van der Waals surface area contributed by atoms with Gasteiger partial charge in [-0.1, -0.05) is 34.1 Å². The van der Waals surface area contributed by atoms with E-state index in [0.717, 1.165) is 6.42 Å². The van der Waals surface area contributed by atoms with Gasteiger partial charge in [-0.3, -0.25) is 19.2 Å². The number of rotatable bonds is 16. The first-order chi connectivity index (χ1) is 18.9. The van der Waals surface area contributed by atoms with Crippen LogP contribution >= 0.6 is 18.5 Å². The third-order valence-electron chi connectivity index (χ3n) is 7.69. The van der Waals surface area contributed by atoms with E-state index < -0.39 is 62.3 Å². The fourth-order valence-electron chi connectivity index (χ4n) is 4.53. The first-order valence-corrected chi connectivity index (χ1v) is 16.5. The van der Waals surface area contributed by atoms with Crippen LogP contribution in [0.25, 0.3) is 0 Å². The molecule has 0 rings (SSSR count). The summed E-state index contributed by atoms with van der Waals surface area (Å²) in [4.78, 5) is 52.6. The lowest BCUT2D eigenvalue weighted by molar-refractivity contribution is -0.174. The molecule has 0 amide bonds. The smallest absolute Gasteiger partial charge is 0.316 e. The maximum absolute atomic E-state index is 13.5. The quantitative estimate of drug-likeness (QED) is 0.0966. The molecule has 0 aromatic heterocycles. The van der Waals surface area contributed by atoms with E-state index in [1.807, 2.05) is 20.8 Å². The van der Waals surface area contributed by atoms with E-state index in [-0.39, 0.29) is 24.9 Å². The van der Waals surface area contributed by atoms with Crippen LogP contribution in [0, 0.1) is 16.2 Å². The Bertz CT molecular complexity index is 987. The molecule has 0 aliphatic rings. The lowest BCUT2D eigenvalue weighted by Crippen LogP contribution is -2.44. The van der Waals surface area contributed by atoms with Crippen molar-refractivity contribution < 1.29 is 38.1 Å². The van der Waals surface area contributed by atoms with E-state index in [0.29, 0.717) is 12.8 Å². The molecular formula is C33H62O8P2. The summed E-state index contributed by atoms with van der Waals surface area (Å²) >= 11 is 0. The topological polar surface area (TPSA) is 105 Å². The Kier molecular flexibility index (Phi) is 14.5. The normalized spacial score (nSPS) is 16.8. The molecule has 0 N–H and O–H groups in total. The first kappa shape index (κ1) is 41.7. The summed E-state index contributed by atoms with van der Waals surface area (Å²) in [6.45, 7) is 27.5. The second-order valence-electron chi connectivity index (χ2n) is 16.3. The Morgan fingerprint density at radius 3 is 1.42 bits per heavy atom. The average molecular weight is 649 g/mol. The van der Waals surface area contributed by atoms with Crippen LogP contribution in [-0.4, -0.2) is 58.1 Å². The Balaban J connectivity index is 5.75. The Morgan fingerprint density at radius 1 is 0.605 bits per heavy atom. The van der Waals surface area contributed by atoms with Crippen LogP contribution in [0.5, 0.6) is 0 Å². The van der Waals surface area contributed by atoms with Crippen LogP contribution in [-0.2, 0) is 38.1 Å². The summed E-state index contributed by atoms with van der Waals surface area (Å²) in [6, 6.07) is 0. The van der Waals surface area contributed by atoms with Gasteiger partial charge in [-0.05, 0) is 107 Å². The number of carbonyl (C=O) groups excluding carboxylic acids is 4. The fraction of sp³-hybridized carbons (Fsp3) is 0.879. The minimum absolute atomic E-state index is 0.127. The van der Waals surface area contributed by atoms with Crippen LogP contribution < -0.4 is 0 Å². The predicted molar refractivity (Wildman–Crippen MR) is 179 cm³/mol. The van der Waals surface area contributed by atoms with Gasteiger partial charge >= 0.3 is 23.9 Å². The zero-order chi connectivity index (χ0) is 34.5. The van der Waals surface area contributed by atoms with E-state index in [1.165, 1.54) is 0 Å². The highest BCUT2D eigenvalue weighted by molar-refractivity contribution is 7.21. The SMILES string of the molecule is CCC(C)(C)CC(COC(=O)C(C)(C)CC(C)(P)C(=O)OC(C)(C)C)OC(=O)C(C)(C)CC(C)(P)C(=O)OC(C)(C)CC. The number of esters is 4. The van der Waals surface area contributed by atoms with E-state index in [4.69, 9.17) is 18.9 Å². The summed E-state index contributed by atoms with van der Waals surface area (Å²) in [5, 5.41) is -2.02. The average Bonchev–Trinajstić information content (AvgIpc) is 2.79. The minimum Gasteiger partial charge on any atom is -0.461 e. The van der Waals surface area contributed by atoms with Crippen molar-refractivity contribution >= 4 is 42.4 Å². The third-order valence-corrected chi connectivity index (χ3v) is 8.57. The zero-order valence-corrected chi connectivity index (χ0v) is 32.1. The molecular weight excluding hydrogens is 586 g/mol. The Morgan fingerprint density at radius 2 is 1.02 bits per heavy atom. The van der Waals surface area contributed by atoms with Crippen LogP contribution in [0.1, 0.15) is 136 Å². The molecule has 0 aliphatic carbocycles. The van der Waals surface area contributed by atoms with Gasteiger partial charge in [0.2, 0.25) is 0 Å². The molecule has 0 saturated heterocycles. The molecule has 0 saturated carbocycles. The maximum Gasteiger partial charge on any atom is 0.316 e. The van der Waals surface area contributed by atoms with Gasteiger partial charge in [0.1, 0.15) is 23.9 Å². The number of hydrogen-bond acceptors (Lipinski definition) is 8. The van der Waals surface area contributed by atoms with Crippen molar-refractivity contribution in [2.24, 2.45) is 16.2 Å². The summed E-state index contributed by atoms with van der Waals surface area (Å²) in [5.74, 6) is -1.82. The highest BCUT2D eigenvalue weighted by atomic mass is 31.0. The highest BCUT2D eigenvalue weighted by Crippen LogP contribution is 2.39. The van der Waals surface area contributed by atoms with E-state index in [1.54, 1.807) is 62.3 Å². The zero-order valence-electron chi connectivity index (χ0n) is 29.7. The molecule has 5 unspecified atom stereocenters. The standard InChI is InChI=1S/C33H62O8P2/c1-16-28(6,7)18-22(19-38-23(34)29(8,9)20-32(14,42)25(36)40-27(3,4)5)39-24(35)30(10,11)21-33(15,43)26(37)41-31(12,13)17-2/h22H,16-21,42-43H2,1-15H3. The van der Waals surface area contributed by atoms with Crippen LogP contribution in [0.4, 0.5) is 0 Å². The minimum atomic E-state index is -1.03. The van der Waals surface area contributed by atoms with E-state index >= 15 is 0 Å². The van der Waals surface area contributed by atoms with Crippen molar-refractivity contribution in [3.8, 4) is 0 Å². The molecule has 0 aliphatic heterocycles. The van der Waals surface area contributed by atoms with Crippen molar-refractivity contribution in [2.45, 2.75) is 164 Å². The maximum atomic E-state index is 13.5. The van der Waals surface area contributed by atoms with Crippen molar-refractivity contribution in [3.05, 3.63) is 0 Å². The van der Waals surface area contributed by atoms with Crippen molar-refractivity contribution in [1.82, 2.24) is 0 Å². The molecule has 0 spiro atoms. The van der Waals surface area contributed by atoms with Crippen LogP contribution in [0.15, 0.2) is 0 Å². The second kappa shape index (κ2) is 14.9. The lowest BCUT2D eigenvalue weighted by Gasteiger charge is -2.36. The molecule has 43 heavy (non-hydrogen) atoms. The Labute approximate surface area is 266 Å². The van der Waals surface area contributed by atoms with Crippen LogP contribution in [0.3, 0.4) is 0 Å². The van der Waals surface area contributed by atoms with Gasteiger partial charge in [0.25, 0.3) is 0 Å². The second-order valence-corrected chi connectivity index (χ2v) is 18.9. The first-order valence-electron chi connectivity index (χ1n) is 15.3. The van der Waals surface area contributed by atoms with Crippen molar-refractivity contribution in [1.29, 1.82) is 0 Å². The molecule has 0 aromatic carbocycles. The Hall–Kier alpha value is -1.26. The summed E-state index contributed by atoms with van der Waals surface area (Å²) in [6.07, 6.45) is 1.62. The van der Waals surface area contributed by atoms with E-state index in [2.05, 4.69) is 39.3 Å². The molecule has 0 radical (unpaired) electrons. The van der Waals surface area contributed by atoms with Crippen molar-refractivity contribution in [3.63, 3.8) is 0 Å². The summed E-state index contributed by atoms with van der Waals surface area (Å²) in [5.41, 5.74) is -3.50. The number of ether oxygens (including phenoxy) is 4. The molecule has 10 heteroatoms. The molecule has 0 heterocycles. The van der Waals surface area contributed by atoms with Gasteiger partial charge in [-0.2, -0.15) is 0 Å². The fourth-order valence-corrected chi connectivity index (χ4v) is 5.67.